The lowest BCUT2D eigenvalue weighted by molar-refractivity contribution is -0.222. The average Bonchev–Trinajstić information content (AvgIpc) is 3.58. The minimum Gasteiger partial charge on any atom is -0.481 e. The van der Waals surface area contributed by atoms with Crippen LogP contribution in [0.15, 0.2) is 40.0 Å². The highest BCUT2D eigenvalue weighted by Crippen LogP contribution is 2.65. The van der Waals surface area contributed by atoms with Crippen LogP contribution < -0.4 is 5.32 Å². The van der Waals surface area contributed by atoms with Gasteiger partial charge in [-0.15, -0.1) is 11.3 Å². The Hall–Kier alpha value is -2.93. The predicted molar refractivity (Wildman–Crippen MR) is 133 cm³/mol. The number of hydrogen-bond acceptors (Lipinski definition) is 9. The van der Waals surface area contributed by atoms with Gasteiger partial charge in [0.05, 0.1) is 30.9 Å². The lowest BCUT2D eigenvalue weighted by Crippen LogP contribution is -2.80. The van der Waals surface area contributed by atoms with Crippen molar-refractivity contribution >= 4 is 40.7 Å². The number of aliphatic imine (C=N–C) groups is 1. The number of ether oxygens (including phenoxy) is 2. The van der Waals surface area contributed by atoms with E-state index >= 15 is 0 Å². The molecule has 0 radical (unpaired) electrons. The first kappa shape index (κ1) is 25.4. The van der Waals surface area contributed by atoms with Gasteiger partial charge in [0.25, 0.3) is 0 Å². The summed E-state index contributed by atoms with van der Waals surface area (Å²) in [4.78, 5) is 35.7. The number of carbonyl (C=O) groups is 2. The fourth-order valence-corrected chi connectivity index (χ4v) is 7.34. The van der Waals surface area contributed by atoms with E-state index in [1.807, 2.05) is 0 Å². The number of aliphatic carboxylic acids is 1. The van der Waals surface area contributed by atoms with E-state index in [0.29, 0.717) is 36.2 Å². The number of carboxylic acid groups (broad SMARTS) is 1. The zero-order chi connectivity index (χ0) is 26.8. The number of benzene rings is 1. The summed E-state index contributed by atoms with van der Waals surface area (Å²) in [5.41, 5.74) is 0.503. The summed E-state index contributed by atoms with van der Waals surface area (Å²) < 4.78 is 39.3. The van der Waals surface area contributed by atoms with E-state index in [-0.39, 0.29) is 47.5 Å². The molecule has 1 saturated carbocycles. The topological polar surface area (TPSA) is 113 Å². The molecule has 3 aliphatic heterocycles. The lowest BCUT2D eigenvalue weighted by atomic mass is 9.46. The highest BCUT2D eigenvalue weighted by molar-refractivity contribution is 7.11. The van der Waals surface area contributed by atoms with Crippen molar-refractivity contribution in [3.05, 3.63) is 62.2 Å². The Morgan fingerprint density at radius 1 is 1.37 bits per heavy atom. The quantitative estimate of drug-likeness (QED) is 0.389. The van der Waals surface area contributed by atoms with Crippen LogP contribution in [0.2, 0.25) is 5.02 Å². The molecule has 3 fully saturated rings. The van der Waals surface area contributed by atoms with Crippen LogP contribution in [0.25, 0.3) is 0 Å². The van der Waals surface area contributed by atoms with Crippen molar-refractivity contribution in [1.82, 2.24) is 15.2 Å². The van der Waals surface area contributed by atoms with Gasteiger partial charge in [0, 0.05) is 53.3 Å². The van der Waals surface area contributed by atoms with Crippen LogP contribution in [0, 0.1) is 23.0 Å². The molecule has 9 nitrogen and oxygen atoms in total. The third-order valence-corrected chi connectivity index (χ3v) is 9.39. The van der Waals surface area contributed by atoms with Crippen LogP contribution in [0.4, 0.5) is 8.78 Å². The molecule has 4 heterocycles. The summed E-state index contributed by atoms with van der Waals surface area (Å²) >= 11 is 7.55. The number of piperidine rings is 1. The van der Waals surface area contributed by atoms with Crippen LogP contribution in [-0.4, -0.2) is 71.7 Å². The Morgan fingerprint density at radius 2 is 2.18 bits per heavy atom. The molecule has 2 saturated heterocycles. The summed E-state index contributed by atoms with van der Waals surface area (Å²) in [5.74, 6) is -3.46. The standard InChI is InChI=1S/C25H23ClF2N4O5S/c1-36-24(35)18-14(8-32-15-6-11(7-17(33)34)25(15)10-37-9-16(25)32)30-22(23-29-4-5-38-23)31-21(18)12-2-3-13(27)20(28)19(12)26/h2-5,11,15-16,21H,6-10H2,1H3,(H,30,31)(H,33,34). The minimum atomic E-state index is -1.23. The van der Waals surface area contributed by atoms with Gasteiger partial charge in [0.15, 0.2) is 22.5 Å². The third-order valence-electron chi connectivity index (χ3n) is 8.22. The Labute approximate surface area is 225 Å². The molecular formula is C25H23ClF2N4O5S. The van der Waals surface area contributed by atoms with E-state index < -0.39 is 34.6 Å². The molecule has 1 aliphatic carbocycles. The molecule has 2 aromatic rings. The second-order valence-corrected chi connectivity index (χ2v) is 11.1. The summed E-state index contributed by atoms with van der Waals surface area (Å²) in [6.07, 6.45) is 2.41. The van der Waals surface area contributed by atoms with E-state index in [1.165, 1.54) is 24.5 Å². The molecule has 4 aliphatic rings. The van der Waals surface area contributed by atoms with Gasteiger partial charge in [-0.1, -0.05) is 17.7 Å². The van der Waals surface area contributed by atoms with Gasteiger partial charge in [-0.25, -0.2) is 18.6 Å². The molecular weight excluding hydrogens is 542 g/mol. The van der Waals surface area contributed by atoms with E-state index in [4.69, 9.17) is 21.1 Å². The fourth-order valence-electron chi connectivity index (χ4n) is 6.49. The molecule has 0 bridgehead atoms. The SMILES string of the molecule is COC(=O)C1=C(CN2C3COCC34C(CC(=O)O)CC24)NC(c2nccs2)=NC1c1ccc(F)c(F)c1Cl. The van der Waals surface area contributed by atoms with E-state index in [0.717, 1.165) is 6.07 Å². The number of nitrogens with zero attached hydrogens (tertiary/aromatic N) is 3. The number of esters is 1. The zero-order valence-corrected chi connectivity index (χ0v) is 21.7. The normalized spacial score (nSPS) is 29.9. The summed E-state index contributed by atoms with van der Waals surface area (Å²) in [7, 11) is 1.23. The highest BCUT2D eigenvalue weighted by Gasteiger charge is 2.73. The number of rotatable bonds is 7. The van der Waals surface area contributed by atoms with E-state index in [9.17, 15) is 23.5 Å². The lowest BCUT2D eigenvalue weighted by Gasteiger charge is -2.71. The van der Waals surface area contributed by atoms with Crippen molar-refractivity contribution in [2.75, 3.05) is 26.9 Å². The number of hydrogen-bond donors (Lipinski definition) is 2. The highest BCUT2D eigenvalue weighted by atomic mass is 35.5. The minimum absolute atomic E-state index is 0.00808. The summed E-state index contributed by atoms with van der Waals surface area (Å²) in [6, 6.07) is 1.27. The molecule has 13 heteroatoms. The fraction of sp³-hybridized carbons (Fsp3) is 0.440. The van der Waals surface area contributed by atoms with Crippen molar-refractivity contribution in [2.24, 2.45) is 16.3 Å². The maximum Gasteiger partial charge on any atom is 0.338 e. The Morgan fingerprint density at radius 3 is 2.89 bits per heavy atom. The number of halogens is 3. The first-order chi connectivity index (χ1) is 18.3. The second-order valence-electron chi connectivity index (χ2n) is 9.85. The monoisotopic (exact) mass is 564 g/mol. The van der Waals surface area contributed by atoms with Gasteiger partial charge < -0.3 is 19.9 Å². The molecule has 0 amide bonds. The molecule has 1 aromatic carbocycles. The van der Waals surface area contributed by atoms with E-state index in [2.05, 4.69) is 20.2 Å². The number of methoxy groups -OCH3 is 1. The maximum absolute atomic E-state index is 14.5. The number of likely N-dealkylation sites (tertiary alicyclic amines) is 1. The van der Waals surface area contributed by atoms with Crippen LogP contribution in [0.5, 0.6) is 0 Å². The number of thiazole rings is 1. The molecule has 6 rings (SSSR count). The van der Waals surface area contributed by atoms with Crippen molar-refractivity contribution in [3.8, 4) is 0 Å². The number of aromatic nitrogens is 1. The van der Waals surface area contributed by atoms with Crippen molar-refractivity contribution in [1.29, 1.82) is 0 Å². The molecule has 38 heavy (non-hydrogen) atoms. The third kappa shape index (κ3) is 3.69. The zero-order valence-electron chi connectivity index (χ0n) is 20.1. The van der Waals surface area contributed by atoms with Gasteiger partial charge in [-0.05, 0) is 18.4 Å². The second kappa shape index (κ2) is 9.37. The maximum atomic E-state index is 14.5. The molecule has 2 N–H and O–H groups in total. The van der Waals surface area contributed by atoms with Gasteiger partial charge in [-0.3, -0.25) is 14.7 Å². The largest absolute Gasteiger partial charge is 0.481 e. The average molecular weight is 565 g/mol. The van der Waals surface area contributed by atoms with Gasteiger partial charge in [-0.2, -0.15) is 0 Å². The Kier molecular flexibility index (Phi) is 6.25. The Bertz CT molecular complexity index is 1390. The molecule has 5 unspecified atom stereocenters. The first-order valence-corrected chi connectivity index (χ1v) is 13.3. The van der Waals surface area contributed by atoms with Crippen LogP contribution in [-0.2, 0) is 19.1 Å². The van der Waals surface area contributed by atoms with Crippen molar-refractivity contribution in [3.63, 3.8) is 0 Å². The van der Waals surface area contributed by atoms with Crippen LogP contribution in [0.1, 0.15) is 29.5 Å². The summed E-state index contributed by atoms with van der Waals surface area (Å²) in [5, 5.41) is 14.4. The number of carboxylic acids is 1. The van der Waals surface area contributed by atoms with Crippen molar-refractivity contribution in [2.45, 2.75) is 31.0 Å². The number of carbonyl (C=O) groups excluding carboxylic acids is 1. The molecule has 1 spiro atoms. The molecule has 1 aromatic heterocycles. The number of amidine groups is 1. The smallest absolute Gasteiger partial charge is 0.338 e. The van der Waals surface area contributed by atoms with Crippen LogP contribution >= 0.6 is 22.9 Å². The van der Waals surface area contributed by atoms with Crippen molar-refractivity contribution < 1.29 is 33.0 Å². The van der Waals surface area contributed by atoms with Gasteiger partial charge in [0.2, 0.25) is 0 Å². The first-order valence-electron chi connectivity index (χ1n) is 12.0. The van der Waals surface area contributed by atoms with Gasteiger partial charge >= 0.3 is 11.9 Å². The predicted octanol–water partition coefficient (Wildman–Crippen LogP) is 3.16. The summed E-state index contributed by atoms with van der Waals surface area (Å²) in [6.45, 7) is 1.25. The molecule has 5 atom stereocenters. The Balaban J connectivity index is 1.40. The van der Waals surface area contributed by atoms with E-state index in [1.54, 1.807) is 11.6 Å². The molecule has 200 valence electrons. The van der Waals surface area contributed by atoms with Gasteiger partial charge in [0.1, 0.15) is 6.04 Å². The van der Waals surface area contributed by atoms with Crippen LogP contribution in [0.3, 0.4) is 0 Å². The number of nitrogens with one attached hydrogen (secondary N) is 1.